The van der Waals surface area contributed by atoms with E-state index in [1.54, 1.807) is 0 Å². The second-order valence-corrected chi connectivity index (χ2v) is 5.72. The molecule has 1 atom stereocenters. The number of nitrogens with one attached hydrogen (secondary N) is 1. The van der Waals surface area contributed by atoms with E-state index >= 15 is 0 Å². The lowest BCUT2D eigenvalue weighted by atomic mass is 9.96. The van der Waals surface area contributed by atoms with E-state index in [-0.39, 0.29) is 11.9 Å². The van der Waals surface area contributed by atoms with E-state index in [4.69, 9.17) is 5.73 Å². The molecule has 0 bridgehead atoms. The third-order valence-electron chi connectivity index (χ3n) is 4.28. The molecule has 4 heteroatoms. The molecule has 1 unspecified atom stereocenters. The van der Waals surface area contributed by atoms with Gasteiger partial charge in [0.05, 0.1) is 0 Å². The first kappa shape index (κ1) is 16.0. The first-order valence-electron chi connectivity index (χ1n) is 8.01. The molecular formula is C17H27N3O. The van der Waals surface area contributed by atoms with E-state index in [0.717, 1.165) is 31.7 Å². The molecule has 0 radical (unpaired) electrons. The van der Waals surface area contributed by atoms with E-state index in [2.05, 4.69) is 30.1 Å². The molecule has 3 N–H and O–H groups in total. The number of likely N-dealkylation sites (N-methyl/N-ethyl adjacent to an activating group) is 1. The van der Waals surface area contributed by atoms with Crippen LogP contribution in [0, 0.1) is 0 Å². The Morgan fingerprint density at radius 2 is 2.00 bits per heavy atom. The maximum absolute atomic E-state index is 11.9. The van der Waals surface area contributed by atoms with Crippen LogP contribution in [0.4, 0.5) is 0 Å². The quantitative estimate of drug-likeness (QED) is 0.731. The largest absolute Gasteiger partial charge is 0.368 e. The number of benzene rings is 1. The summed E-state index contributed by atoms with van der Waals surface area (Å²) in [6.45, 7) is 8.06. The summed E-state index contributed by atoms with van der Waals surface area (Å²) in [4.78, 5) is 14.2. The van der Waals surface area contributed by atoms with Gasteiger partial charge in [0.1, 0.15) is 6.04 Å². The number of hydrogen-bond acceptors (Lipinski definition) is 3. The van der Waals surface area contributed by atoms with Crippen molar-refractivity contribution in [2.45, 2.75) is 38.6 Å². The van der Waals surface area contributed by atoms with Gasteiger partial charge in [0.2, 0.25) is 5.91 Å². The van der Waals surface area contributed by atoms with Crippen LogP contribution in [0.5, 0.6) is 0 Å². The Kier molecular flexibility index (Phi) is 5.76. The minimum atomic E-state index is -0.377. The number of primary amides is 1. The molecule has 4 nitrogen and oxygen atoms in total. The molecule has 0 heterocycles. The van der Waals surface area contributed by atoms with Crippen LogP contribution < -0.4 is 11.1 Å². The number of hydrogen-bond donors (Lipinski definition) is 2. The first-order valence-corrected chi connectivity index (χ1v) is 8.01. The lowest BCUT2D eigenvalue weighted by Crippen LogP contribution is -2.39. The van der Waals surface area contributed by atoms with Gasteiger partial charge in [-0.1, -0.05) is 38.1 Å². The molecule has 1 aromatic rings. The van der Waals surface area contributed by atoms with E-state index in [9.17, 15) is 4.79 Å². The molecule has 0 aromatic heterocycles. The highest BCUT2D eigenvalue weighted by Gasteiger charge is 2.29. The van der Waals surface area contributed by atoms with Crippen LogP contribution in [-0.2, 0) is 4.79 Å². The Morgan fingerprint density at radius 3 is 2.57 bits per heavy atom. The fourth-order valence-electron chi connectivity index (χ4n) is 2.81. The molecule has 0 spiro atoms. The number of nitrogens with two attached hydrogens (primary N) is 1. The van der Waals surface area contributed by atoms with Crippen molar-refractivity contribution in [3.63, 3.8) is 0 Å². The van der Waals surface area contributed by atoms with E-state index in [1.165, 1.54) is 18.4 Å². The molecule has 0 saturated heterocycles. The third-order valence-corrected chi connectivity index (χ3v) is 4.28. The third kappa shape index (κ3) is 4.29. The van der Waals surface area contributed by atoms with Gasteiger partial charge < -0.3 is 16.0 Å². The number of carbonyl (C=O) groups excluding carboxylic acids is 1. The highest BCUT2D eigenvalue weighted by Crippen LogP contribution is 2.42. The van der Waals surface area contributed by atoms with Gasteiger partial charge >= 0.3 is 0 Å². The molecule has 1 aliphatic rings. The van der Waals surface area contributed by atoms with Crippen LogP contribution in [0.15, 0.2) is 24.3 Å². The van der Waals surface area contributed by atoms with Crippen molar-refractivity contribution in [3.8, 4) is 0 Å². The fourth-order valence-corrected chi connectivity index (χ4v) is 2.81. The maximum Gasteiger partial charge on any atom is 0.239 e. The second-order valence-electron chi connectivity index (χ2n) is 5.72. The van der Waals surface area contributed by atoms with Crippen molar-refractivity contribution in [1.82, 2.24) is 10.2 Å². The van der Waals surface area contributed by atoms with Crippen molar-refractivity contribution in [2.24, 2.45) is 5.73 Å². The summed E-state index contributed by atoms with van der Waals surface area (Å²) in [5, 5.41) is 3.34. The summed E-state index contributed by atoms with van der Waals surface area (Å²) in [6, 6.07) is 7.83. The topological polar surface area (TPSA) is 58.4 Å². The molecular weight excluding hydrogens is 262 g/mol. The van der Waals surface area contributed by atoms with Crippen LogP contribution in [0.1, 0.15) is 49.8 Å². The average Bonchev–Trinajstić information content (AvgIpc) is 3.32. The zero-order valence-electron chi connectivity index (χ0n) is 13.1. The van der Waals surface area contributed by atoms with Crippen molar-refractivity contribution < 1.29 is 4.79 Å². The summed E-state index contributed by atoms with van der Waals surface area (Å²) in [5.74, 6) is 0.329. The van der Waals surface area contributed by atoms with Gasteiger partial charge in [-0.05, 0) is 43.0 Å². The summed E-state index contributed by atoms with van der Waals surface area (Å²) >= 11 is 0. The number of rotatable bonds is 9. The molecule has 1 aliphatic carbocycles. The van der Waals surface area contributed by atoms with Crippen molar-refractivity contribution in [3.05, 3.63) is 35.4 Å². The molecule has 1 amide bonds. The predicted octanol–water partition coefficient (Wildman–Crippen LogP) is 2.02. The lowest BCUT2D eigenvalue weighted by Gasteiger charge is -2.22. The van der Waals surface area contributed by atoms with E-state index < -0.39 is 0 Å². The maximum atomic E-state index is 11.9. The van der Waals surface area contributed by atoms with E-state index in [0.29, 0.717) is 5.92 Å². The monoisotopic (exact) mass is 289 g/mol. The van der Waals surface area contributed by atoms with Crippen LogP contribution >= 0.6 is 0 Å². The SMILES string of the molecule is CCN(CC)CCNC(C(N)=O)c1ccccc1C1CC1. The number of amides is 1. The van der Waals surface area contributed by atoms with Crippen molar-refractivity contribution >= 4 is 5.91 Å². The Labute approximate surface area is 127 Å². The molecule has 21 heavy (non-hydrogen) atoms. The molecule has 1 saturated carbocycles. The van der Waals surface area contributed by atoms with Crippen molar-refractivity contribution in [2.75, 3.05) is 26.2 Å². The number of carbonyl (C=O) groups is 1. The zero-order chi connectivity index (χ0) is 15.2. The first-order chi connectivity index (χ1) is 10.2. The predicted molar refractivity (Wildman–Crippen MR) is 86.1 cm³/mol. The van der Waals surface area contributed by atoms with Gasteiger partial charge in [0.15, 0.2) is 0 Å². The summed E-state index contributed by atoms with van der Waals surface area (Å²) in [6.07, 6.45) is 2.45. The second kappa shape index (κ2) is 7.57. The highest BCUT2D eigenvalue weighted by molar-refractivity contribution is 5.82. The van der Waals surface area contributed by atoms with Gasteiger partial charge in [-0.2, -0.15) is 0 Å². The molecule has 0 aliphatic heterocycles. The van der Waals surface area contributed by atoms with Crippen LogP contribution in [-0.4, -0.2) is 37.0 Å². The van der Waals surface area contributed by atoms with Gasteiger partial charge in [-0.15, -0.1) is 0 Å². The average molecular weight is 289 g/mol. The molecule has 1 aromatic carbocycles. The van der Waals surface area contributed by atoms with Gasteiger partial charge in [0, 0.05) is 13.1 Å². The van der Waals surface area contributed by atoms with Crippen molar-refractivity contribution in [1.29, 1.82) is 0 Å². The Morgan fingerprint density at radius 1 is 1.33 bits per heavy atom. The Balaban J connectivity index is 2.04. The summed E-state index contributed by atoms with van der Waals surface area (Å²) in [7, 11) is 0. The smallest absolute Gasteiger partial charge is 0.239 e. The summed E-state index contributed by atoms with van der Waals surface area (Å²) in [5.41, 5.74) is 7.98. The minimum absolute atomic E-state index is 0.289. The molecule has 2 rings (SSSR count). The van der Waals surface area contributed by atoms with Crippen LogP contribution in [0.25, 0.3) is 0 Å². The Hall–Kier alpha value is -1.39. The van der Waals surface area contributed by atoms with Crippen LogP contribution in [0.2, 0.25) is 0 Å². The van der Waals surface area contributed by atoms with Gasteiger partial charge in [0.25, 0.3) is 0 Å². The summed E-state index contributed by atoms with van der Waals surface area (Å²) < 4.78 is 0. The minimum Gasteiger partial charge on any atom is -0.368 e. The van der Waals surface area contributed by atoms with Gasteiger partial charge in [-0.25, -0.2) is 0 Å². The lowest BCUT2D eigenvalue weighted by molar-refractivity contribution is -0.120. The fraction of sp³-hybridized carbons (Fsp3) is 0.588. The standard InChI is InChI=1S/C17H27N3O/c1-3-20(4-2)12-11-19-16(17(18)21)15-8-6-5-7-14(15)13-9-10-13/h5-8,13,16,19H,3-4,9-12H2,1-2H3,(H2,18,21). The highest BCUT2D eigenvalue weighted by atomic mass is 16.1. The van der Waals surface area contributed by atoms with Gasteiger partial charge in [-0.3, -0.25) is 4.79 Å². The Bertz CT molecular complexity index is 467. The molecule has 116 valence electrons. The zero-order valence-corrected chi connectivity index (χ0v) is 13.1. The normalized spacial score (nSPS) is 16.1. The number of nitrogens with zero attached hydrogens (tertiary/aromatic N) is 1. The van der Waals surface area contributed by atoms with Crippen LogP contribution in [0.3, 0.4) is 0 Å². The van der Waals surface area contributed by atoms with E-state index in [1.807, 2.05) is 18.2 Å². The molecule has 1 fully saturated rings.